The highest BCUT2D eigenvalue weighted by atomic mass is 16.2. The van der Waals surface area contributed by atoms with Crippen LogP contribution in [0.1, 0.15) is 49.5 Å². The van der Waals surface area contributed by atoms with Crippen LogP contribution in [0.3, 0.4) is 0 Å². The normalized spacial score (nSPS) is 19.3. The van der Waals surface area contributed by atoms with Gasteiger partial charge in [0.1, 0.15) is 5.69 Å². The summed E-state index contributed by atoms with van der Waals surface area (Å²) in [6.45, 7) is 2.10. The maximum absolute atomic E-state index is 11.8. The van der Waals surface area contributed by atoms with E-state index < -0.39 is 0 Å². The summed E-state index contributed by atoms with van der Waals surface area (Å²) in [6.07, 6.45) is 8.02. The number of amides is 1. The fourth-order valence-corrected chi connectivity index (χ4v) is 2.42. The molecule has 1 aromatic rings. The van der Waals surface area contributed by atoms with Gasteiger partial charge in [0.15, 0.2) is 0 Å². The van der Waals surface area contributed by atoms with E-state index in [1.165, 1.54) is 32.1 Å². The Morgan fingerprint density at radius 1 is 1.50 bits per heavy atom. The number of nitrogens with zero attached hydrogens (tertiary/aromatic N) is 1. The Labute approximate surface area is 95.8 Å². The molecule has 1 heterocycles. The molecule has 1 atom stereocenters. The smallest absolute Gasteiger partial charge is 0.269 e. The molecule has 2 rings (SSSR count). The van der Waals surface area contributed by atoms with Crippen LogP contribution >= 0.6 is 0 Å². The Bertz CT molecular complexity index is 328. The summed E-state index contributed by atoms with van der Waals surface area (Å²) in [5, 5.41) is 9.50. The molecule has 0 aliphatic heterocycles. The van der Waals surface area contributed by atoms with Crippen molar-refractivity contribution in [3.8, 4) is 0 Å². The van der Waals surface area contributed by atoms with Crippen LogP contribution in [0.2, 0.25) is 0 Å². The van der Waals surface area contributed by atoms with E-state index in [2.05, 4.69) is 22.4 Å². The van der Waals surface area contributed by atoms with Crippen LogP contribution < -0.4 is 5.32 Å². The number of carbonyl (C=O) groups is 1. The molecular weight excluding hydrogens is 202 g/mol. The van der Waals surface area contributed by atoms with E-state index >= 15 is 0 Å². The largest absolute Gasteiger partial charge is 0.348 e. The highest BCUT2D eigenvalue weighted by molar-refractivity contribution is 5.92. The van der Waals surface area contributed by atoms with Gasteiger partial charge in [-0.1, -0.05) is 19.3 Å². The van der Waals surface area contributed by atoms with Gasteiger partial charge in [0, 0.05) is 12.2 Å². The lowest BCUT2D eigenvalue weighted by Crippen LogP contribution is -2.39. The van der Waals surface area contributed by atoms with Crippen molar-refractivity contribution in [1.82, 2.24) is 15.5 Å². The number of hydrogen-bond acceptors (Lipinski definition) is 2. The minimum atomic E-state index is -0.0458. The predicted molar refractivity (Wildman–Crippen MR) is 62.1 cm³/mol. The Morgan fingerprint density at radius 3 is 2.88 bits per heavy atom. The SMILES string of the molecule is C[C@H](NC(=O)c1ccn[nH]1)C1CCCCC1. The average Bonchev–Trinajstić information content (AvgIpc) is 2.83. The Kier molecular flexibility index (Phi) is 3.59. The van der Waals surface area contributed by atoms with E-state index in [9.17, 15) is 4.79 Å². The third-order valence-electron chi connectivity index (χ3n) is 3.46. The number of nitrogens with one attached hydrogen (secondary N) is 2. The summed E-state index contributed by atoms with van der Waals surface area (Å²) in [4.78, 5) is 11.8. The summed E-state index contributed by atoms with van der Waals surface area (Å²) in [5.74, 6) is 0.594. The van der Waals surface area contributed by atoms with Crippen LogP contribution in [0, 0.1) is 5.92 Å². The first-order chi connectivity index (χ1) is 7.77. The minimum Gasteiger partial charge on any atom is -0.348 e. The van der Waals surface area contributed by atoms with E-state index in [-0.39, 0.29) is 11.9 Å². The van der Waals surface area contributed by atoms with E-state index in [1.807, 2.05) is 0 Å². The van der Waals surface area contributed by atoms with E-state index in [0.29, 0.717) is 11.6 Å². The van der Waals surface area contributed by atoms with Crippen molar-refractivity contribution in [2.45, 2.75) is 45.1 Å². The van der Waals surface area contributed by atoms with Gasteiger partial charge in [-0.25, -0.2) is 0 Å². The zero-order valence-electron chi connectivity index (χ0n) is 9.70. The molecule has 0 radical (unpaired) electrons. The Balaban J connectivity index is 1.86. The molecule has 1 fully saturated rings. The molecule has 0 bridgehead atoms. The van der Waals surface area contributed by atoms with Crippen molar-refractivity contribution >= 4 is 5.91 Å². The quantitative estimate of drug-likeness (QED) is 0.821. The molecule has 0 saturated heterocycles. The second kappa shape index (κ2) is 5.14. The number of H-pyrrole nitrogens is 1. The maximum Gasteiger partial charge on any atom is 0.269 e. The molecule has 0 unspecified atom stereocenters. The average molecular weight is 221 g/mol. The molecule has 88 valence electrons. The van der Waals surface area contributed by atoms with Crippen LogP contribution in [0.5, 0.6) is 0 Å². The molecule has 0 aromatic carbocycles. The van der Waals surface area contributed by atoms with Gasteiger partial charge in [0.05, 0.1) is 0 Å². The Morgan fingerprint density at radius 2 is 2.25 bits per heavy atom. The number of hydrogen-bond donors (Lipinski definition) is 2. The molecule has 1 saturated carbocycles. The monoisotopic (exact) mass is 221 g/mol. The lowest BCUT2D eigenvalue weighted by Gasteiger charge is -2.28. The topological polar surface area (TPSA) is 57.8 Å². The summed E-state index contributed by atoms with van der Waals surface area (Å²) < 4.78 is 0. The maximum atomic E-state index is 11.8. The number of aromatic nitrogens is 2. The second-order valence-corrected chi connectivity index (χ2v) is 4.63. The molecule has 4 nitrogen and oxygen atoms in total. The van der Waals surface area contributed by atoms with E-state index in [1.54, 1.807) is 12.3 Å². The zero-order valence-corrected chi connectivity index (χ0v) is 9.70. The first-order valence-corrected chi connectivity index (χ1v) is 6.07. The fourth-order valence-electron chi connectivity index (χ4n) is 2.42. The van der Waals surface area contributed by atoms with Gasteiger partial charge < -0.3 is 5.32 Å². The third kappa shape index (κ3) is 2.62. The van der Waals surface area contributed by atoms with Crippen molar-refractivity contribution in [3.05, 3.63) is 18.0 Å². The lowest BCUT2D eigenvalue weighted by atomic mass is 9.84. The lowest BCUT2D eigenvalue weighted by molar-refractivity contribution is 0.0914. The van der Waals surface area contributed by atoms with Crippen molar-refractivity contribution in [2.24, 2.45) is 5.92 Å². The van der Waals surface area contributed by atoms with E-state index in [0.717, 1.165) is 0 Å². The predicted octanol–water partition coefficient (Wildman–Crippen LogP) is 2.11. The summed E-state index contributed by atoms with van der Waals surface area (Å²) in [5.41, 5.74) is 0.544. The molecule has 1 amide bonds. The van der Waals surface area contributed by atoms with Gasteiger partial charge in [-0.3, -0.25) is 9.89 Å². The van der Waals surface area contributed by atoms with Crippen LogP contribution in [0.25, 0.3) is 0 Å². The van der Waals surface area contributed by atoms with Crippen molar-refractivity contribution < 1.29 is 4.79 Å². The van der Waals surface area contributed by atoms with Gasteiger partial charge in [-0.2, -0.15) is 5.10 Å². The summed E-state index contributed by atoms with van der Waals surface area (Å²) in [7, 11) is 0. The molecule has 16 heavy (non-hydrogen) atoms. The molecule has 0 spiro atoms. The highest BCUT2D eigenvalue weighted by Gasteiger charge is 2.21. The molecule has 4 heteroatoms. The number of rotatable bonds is 3. The van der Waals surface area contributed by atoms with Crippen LogP contribution in [-0.2, 0) is 0 Å². The van der Waals surface area contributed by atoms with Gasteiger partial charge in [0.25, 0.3) is 5.91 Å². The number of aromatic amines is 1. The third-order valence-corrected chi connectivity index (χ3v) is 3.46. The van der Waals surface area contributed by atoms with Crippen LogP contribution in [0.15, 0.2) is 12.3 Å². The minimum absolute atomic E-state index is 0.0458. The zero-order chi connectivity index (χ0) is 11.4. The van der Waals surface area contributed by atoms with Gasteiger partial charge >= 0.3 is 0 Å². The van der Waals surface area contributed by atoms with Crippen molar-refractivity contribution in [2.75, 3.05) is 0 Å². The van der Waals surface area contributed by atoms with Gasteiger partial charge in [0.2, 0.25) is 0 Å². The van der Waals surface area contributed by atoms with Crippen molar-refractivity contribution in [3.63, 3.8) is 0 Å². The molecule has 1 aliphatic carbocycles. The molecular formula is C12H19N3O. The van der Waals surface area contributed by atoms with Gasteiger partial charge in [-0.05, 0) is 31.7 Å². The van der Waals surface area contributed by atoms with Crippen molar-refractivity contribution in [1.29, 1.82) is 0 Å². The standard InChI is InChI=1S/C12H19N3O/c1-9(10-5-3-2-4-6-10)14-12(16)11-7-8-13-15-11/h7-10H,2-6H2,1H3,(H,13,15)(H,14,16)/t9-/m0/s1. The molecule has 1 aromatic heterocycles. The van der Waals surface area contributed by atoms with E-state index in [4.69, 9.17) is 0 Å². The fraction of sp³-hybridized carbons (Fsp3) is 0.667. The highest BCUT2D eigenvalue weighted by Crippen LogP contribution is 2.26. The first-order valence-electron chi connectivity index (χ1n) is 6.07. The van der Waals surface area contributed by atoms with Crippen LogP contribution in [-0.4, -0.2) is 22.1 Å². The molecule has 1 aliphatic rings. The molecule has 2 N–H and O–H groups in total. The Hall–Kier alpha value is -1.32. The summed E-state index contributed by atoms with van der Waals surface area (Å²) >= 11 is 0. The van der Waals surface area contributed by atoms with Gasteiger partial charge in [-0.15, -0.1) is 0 Å². The summed E-state index contributed by atoms with van der Waals surface area (Å²) in [6, 6.07) is 1.96. The first kappa shape index (κ1) is 11.2. The second-order valence-electron chi connectivity index (χ2n) is 4.63. The number of carbonyl (C=O) groups excluding carboxylic acids is 1. The van der Waals surface area contributed by atoms with Crippen LogP contribution in [0.4, 0.5) is 0 Å².